The highest BCUT2D eigenvalue weighted by Crippen LogP contribution is 2.49. The number of aryl methyl sites for hydroxylation is 1. The minimum atomic E-state index is 0.0273. The van der Waals surface area contributed by atoms with Crippen LogP contribution in [-0.4, -0.2) is 0 Å². The van der Waals surface area contributed by atoms with E-state index in [1.165, 1.54) is 50.1 Å². The van der Waals surface area contributed by atoms with Crippen molar-refractivity contribution in [3.8, 4) is 33.4 Å². The lowest BCUT2D eigenvalue weighted by atomic mass is 9.81. The summed E-state index contributed by atoms with van der Waals surface area (Å²) in [6, 6.07) is 31.2. The van der Waals surface area contributed by atoms with Crippen molar-refractivity contribution < 1.29 is 0 Å². The minimum absolute atomic E-state index is 0.0273. The maximum atomic E-state index is 3.83. The molecule has 0 atom stereocenters. The van der Waals surface area contributed by atoms with Crippen molar-refractivity contribution in [2.45, 2.75) is 26.2 Å². The second-order valence-corrected chi connectivity index (χ2v) is 8.84. The van der Waals surface area contributed by atoms with Gasteiger partial charge in [0.1, 0.15) is 0 Å². The summed E-state index contributed by atoms with van der Waals surface area (Å²) in [5.41, 5.74) is 13.1. The molecule has 4 aromatic carbocycles. The van der Waals surface area contributed by atoms with E-state index in [1.54, 1.807) is 0 Å². The van der Waals surface area contributed by atoms with E-state index >= 15 is 0 Å². The van der Waals surface area contributed by atoms with Crippen LogP contribution in [0.5, 0.6) is 0 Å². The molecule has 0 nitrogen and oxygen atoms in total. The molecule has 5 rings (SSSR count). The zero-order valence-corrected chi connectivity index (χ0v) is 17.9. The number of fused-ring (bicyclic) bond motifs is 3. The first-order valence-corrected chi connectivity index (χ1v) is 10.6. The summed E-state index contributed by atoms with van der Waals surface area (Å²) in [4.78, 5) is 0. The fourth-order valence-corrected chi connectivity index (χ4v) is 4.70. The van der Waals surface area contributed by atoms with Gasteiger partial charge in [0.2, 0.25) is 0 Å². The topological polar surface area (TPSA) is 0 Å². The molecule has 0 bridgehead atoms. The van der Waals surface area contributed by atoms with Crippen LogP contribution in [0.4, 0.5) is 0 Å². The van der Waals surface area contributed by atoms with E-state index in [0.717, 1.165) is 5.56 Å². The van der Waals surface area contributed by atoms with Crippen molar-refractivity contribution in [2.75, 3.05) is 0 Å². The summed E-state index contributed by atoms with van der Waals surface area (Å²) in [6.07, 6.45) is 1.88. The molecule has 0 heterocycles. The van der Waals surface area contributed by atoms with Crippen LogP contribution in [0, 0.1) is 6.92 Å². The Kier molecular flexibility index (Phi) is 4.25. The second kappa shape index (κ2) is 6.85. The highest BCUT2D eigenvalue weighted by atomic mass is 14.4. The highest BCUT2D eigenvalue weighted by Gasteiger charge is 2.35. The van der Waals surface area contributed by atoms with Gasteiger partial charge in [-0.05, 0) is 63.1 Å². The summed E-state index contributed by atoms with van der Waals surface area (Å²) in [5, 5.41) is 0. The normalized spacial score (nSPS) is 13.6. The Labute approximate surface area is 179 Å². The Morgan fingerprint density at radius 3 is 1.67 bits per heavy atom. The van der Waals surface area contributed by atoms with Crippen LogP contribution < -0.4 is 0 Å². The largest absolute Gasteiger partial charge is 0.0985 e. The van der Waals surface area contributed by atoms with E-state index in [0.29, 0.717) is 0 Å². The van der Waals surface area contributed by atoms with Crippen molar-refractivity contribution in [3.05, 3.63) is 114 Å². The third kappa shape index (κ3) is 2.92. The van der Waals surface area contributed by atoms with Crippen molar-refractivity contribution in [1.29, 1.82) is 0 Å². The number of benzene rings is 4. The molecular weight excluding hydrogens is 360 g/mol. The molecule has 0 saturated carbocycles. The predicted octanol–water partition coefficient (Wildman–Crippen LogP) is 8.28. The van der Waals surface area contributed by atoms with Crippen LogP contribution in [0.2, 0.25) is 0 Å². The van der Waals surface area contributed by atoms with Crippen molar-refractivity contribution >= 4 is 6.08 Å². The molecule has 0 amide bonds. The monoisotopic (exact) mass is 386 g/mol. The average molecular weight is 387 g/mol. The lowest BCUT2D eigenvalue weighted by Crippen LogP contribution is -2.15. The van der Waals surface area contributed by atoms with Crippen molar-refractivity contribution in [2.24, 2.45) is 0 Å². The van der Waals surface area contributed by atoms with Crippen LogP contribution >= 0.6 is 0 Å². The summed E-state index contributed by atoms with van der Waals surface area (Å²) in [5.74, 6) is 0. The maximum absolute atomic E-state index is 3.83. The standard InChI is InChI=1S/C30H26/c1-5-21-7-9-22(10-8-21)23-11-13-24(14-12-23)25-15-17-27-26-16-6-20(2)18-28(26)30(3,4)29(27)19-25/h5-19H,1H2,2-4H3. The zero-order chi connectivity index (χ0) is 20.9. The van der Waals surface area contributed by atoms with Gasteiger partial charge < -0.3 is 0 Å². The first kappa shape index (κ1) is 18.6. The molecule has 146 valence electrons. The molecule has 1 aliphatic carbocycles. The summed E-state index contributed by atoms with van der Waals surface area (Å²) >= 11 is 0. The highest BCUT2D eigenvalue weighted by molar-refractivity contribution is 5.84. The fourth-order valence-electron chi connectivity index (χ4n) is 4.70. The third-order valence-electron chi connectivity index (χ3n) is 6.53. The van der Waals surface area contributed by atoms with Crippen LogP contribution in [0.25, 0.3) is 39.5 Å². The molecular formula is C30H26. The zero-order valence-electron chi connectivity index (χ0n) is 17.9. The van der Waals surface area contributed by atoms with Gasteiger partial charge in [0.05, 0.1) is 0 Å². The Morgan fingerprint density at radius 1 is 0.600 bits per heavy atom. The van der Waals surface area contributed by atoms with Gasteiger partial charge in [-0.2, -0.15) is 0 Å². The molecule has 0 unspecified atom stereocenters. The van der Waals surface area contributed by atoms with Gasteiger partial charge in [0.15, 0.2) is 0 Å². The van der Waals surface area contributed by atoms with Gasteiger partial charge in [-0.1, -0.05) is 111 Å². The second-order valence-electron chi connectivity index (χ2n) is 8.84. The van der Waals surface area contributed by atoms with Crippen molar-refractivity contribution in [1.82, 2.24) is 0 Å². The SMILES string of the molecule is C=Cc1ccc(-c2ccc(-c3ccc4c(c3)C(C)(C)c3cc(C)ccc3-4)cc2)cc1. The van der Waals surface area contributed by atoms with E-state index in [4.69, 9.17) is 0 Å². The Hall–Kier alpha value is -3.38. The minimum Gasteiger partial charge on any atom is -0.0985 e. The van der Waals surface area contributed by atoms with Gasteiger partial charge in [0.25, 0.3) is 0 Å². The molecule has 0 fully saturated rings. The van der Waals surface area contributed by atoms with E-state index < -0.39 is 0 Å². The molecule has 0 N–H and O–H groups in total. The molecule has 1 aliphatic rings. The fraction of sp³-hybridized carbons (Fsp3) is 0.133. The third-order valence-corrected chi connectivity index (χ3v) is 6.53. The Bertz CT molecular complexity index is 1250. The van der Waals surface area contributed by atoms with Crippen LogP contribution in [0.15, 0.2) is 91.5 Å². The molecule has 0 aromatic heterocycles. The molecule has 4 aromatic rings. The molecule has 0 heteroatoms. The van der Waals surface area contributed by atoms with E-state index in [9.17, 15) is 0 Å². The van der Waals surface area contributed by atoms with Gasteiger partial charge in [-0.3, -0.25) is 0 Å². The molecule has 0 saturated heterocycles. The maximum Gasteiger partial charge on any atom is 0.0159 e. The van der Waals surface area contributed by atoms with Crippen LogP contribution in [0.1, 0.15) is 36.1 Å². The first-order valence-electron chi connectivity index (χ1n) is 10.6. The molecule has 0 aliphatic heterocycles. The quantitative estimate of drug-likeness (QED) is 0.332. The Balaban J connectivity index is 1.51. The van der Waals surface area contributed by atoms with Gasteiger partial charge in [-0.25, -0.2) is 0 Å². The predicted molar refractivity (Wildman–Crippen MR) is 130 cm³/mol. The lowest BCUT2D eigenvalue weighted by molar-refractivity contribution is 0.660. The van der Waals surface area contributed by atoms with Crippen LogP contribution in [0.3, 0.4) is 0 Å². The smallest absolute Gasteiger partial charge is 0.0159 e. The number of rotatable bonds is 3. The molecule has 30 heavy (non-hydrogen) atoms. The van der Waals surface area contributed by atoms with Crippen molar-refractivity contribution in [3.63, 3.8) is 0 Å². The van der Waals surface area contributed by atoms with Crippen LogP contribution in [-0.2, 0) is 5.41 Å². The molecule has 0 radical (unpaired) electrons. The molecule has 0 spiro atoms. The number of hydrogen-bond donors (Lipinski definition) is 0. The Morgan fingerprint density at radius 2 is 1.07 bits per heavy atom. The lowest BCUT2D eigenvalue weighted by Gasteiger charge is -2.22. The van der Waals surface area contributed by atoms with Gasteiger partial charge >= 0.3 is 0 Å². The summed E-state index contributed by atoms with van der Waals surface area (Å²) in [6.45, 7) is 10.7. The summed E-state index contributed by atoms with van der Waals surface area (Å²) in [7, 11) is 0. The van der Waals surface area contributed by atoms with E-state index in [-0.39, 0.29) is 5.41 Å². The number of hydrogen-bond acceptors (Lipinski definition) is 0. The van der Waals surface area contributed by atoms with E-state index in [1.807, 2.05) is 6.08 Å². The summed E-state index contributed by atoms with van der Waals surface area (Å²) < 4.78 is 0. The van der Waals surface area contributed by atoms with Gasteiger partial charge in [-0.15, -0.1) is 0 Å². The van der Waals surface area contributed by atoms with Gasteiger partial charge in [0, 0.05) is 5.41 Å². The van der Waals surface area contributed by atoms with E-state index in [2.05, 4.69) is 112 Å². The average Bonchev–Trinajstić information content (AvgIpc) is 3.00. The first-order chi connectivity index (χ1) is 14.5.